The van der Waals surface area contributed by atoms with Gasteiger partial charge in [-0.2, -0.15) is 24.2 Å². The van der Waals surface area contributed by atoms with Gasteiger partial charge in [0.25, 0.3) is 42.8 Å². The summed E-state index contributed by atoms with van der Waals surface area (Å²) >= 11 is 0. The van der Waals surface area contributed by atoms with Crippen molar-refractivity contribution in [2.45, 2.75) is 9.79 Å². The van der Waals surface area contributed by atoms with Crippen molar-refractivity contribution in [3.63, 3.8) is 0 Å². The van der Waals surface area contributed by atoms with E-state index in [0.29, 0.717) is 66.5 Å². The molecule has 35 heteroatoms. The lowest BCUT2D eigenvalue weighted by Crippen LogP contribution is -2.22. The number of hydrogen-bond acceptors (Lipinski definition) is 19. The first-order valence-electron chi connectivity index (χ1n) is 27.2. The molecule has 0 aliphatic rings. The number of nitrogens with one attached hydrogen (secondary N) is 1. The molecule has 0 aliphatic carbocycles. The third kappa shape index (κ3) is 13.8. The lowest BCUT2D eigenvalue weighted by atomic mass is 10.2. The maximum absolute atomic E-state index is 13.1. The number of nitro groups is 3. The zero-order valence-electron chi connectivity index (χ0n) is 50.8. The summed E-state index contributed by atoms with van der Waals surface area (Å²) in [6.07, 6.45) is 0. The number of nitro benzene ring substituents is 3. The van der Waals surface area contributed by atoms with Crippen molar-refractivity contribution < 1.29 is 44.6 Å². The molecule has 2 N–H and O–H groups in total. The van der Waals surface area contributed by atoms with Crippen molar-refractivity contribution in [1.29, 1.82) is 15.8 Å². The molecule has 6 aromatic carbocycles. The van der Waals surface area contributed by atoms with E-state index in [1.165, 1.54) is 137 Å². The van der Waals surface area contributed by atoms with Gasteiger partial charge < -0.3 is 19.0 Å². The van der Waals surface area contributed by atoms with Crippen LogP contribution in [0.2, 0.25) is 0 Å². The summed E-state index contributed by atoms with van der Waals surface area (Å²) in [7, 11) is 9.53. The van der Waals surface area contributed by atoms with E-state index in [-0.39, 0.29) is 43.5 Å². The van der Waals surface area contributed by atoms with Crippen molar-refractivity contribution in [3.8, 4) is 35.3 Å². The van der Waals surface area contributed by atoms with Crippen LogP contribution in [0.3, 0.4) is 0 Å². The molecule has 12 aromatic rings. The number of pyridine rings is 3. The highest BCUT2D eigenvalue weighted by molar-refractivity contribution is 8.13. The quantitative estimate of drug-likeness (QED) is 0.0589. The van der Waals surface area contributed by atoms with Crippen LogP contribution in [-0.2, 0) is 49.5 Å². The first-order valence-corrected chi connectivity index (χ1v) is 33.2. The number of aryl methyl sites for hydroxylation is 3. The van der Waals surface area contributed by atoms with Gasteiger partial charge in [0.05, 0.1) is 74.2 Å². The standard InChI is InChI=1S/C21H17N5O5S.C19H11ClN4O5S.C19H12N4O3.C2H7N.ClHO3S/c1-23(2)32(30,31)16-8-9-18-17(11-16)20-19(24(18)3)10-13(12-22)21(27)25(20)14-4-6-15(7-5-14)26(28)29;1-22-16-7-6-14(30(20,28)29)9-15(16)18-17(22)8-11(10-21)19(25)23(18)12-2-4-13(5-3-12)24(26)27;1-21-16-5-3-2-4-15(16)18-17(21)10-12(11-20)19(24)22(18)13-6-8-14(9-7-13)23(25)26;1-3-2;1-5(2,3)4/h4-11H,1-3H3;2-9H,1H3;2-10H,1H3;3H,1-2H3;(H,2,3,4). The van der Waals surface area contributed by atoms with Gasteiger partial charge in [-0.25, -0.2) is 21.1 Å². The van der Waals surface area contributed by atoms with Crippen LogP contribution in [0.15, 0.2) is 176 Å². The van der Waals surface area contributed by atoms with Gasteiger partial charge in [-0.3, -0.25) is 63.0 Å². The maximum atomic E-state index is 13.1. The van der Waals surface area contributed by atoms with Crippen molar-refractivity contribution in [3.05, 3.63) is 230 Å². The van der Waals surface area contributed by atoms with E-state index in [4.69, 9.17) is 23.7 Å². The molecule has 0 amide bonds. The highest BCUT2D eigenvalue weighted by Crippen LogP contribution is 2.35. The van der Waals surface area contributed by atoms with Gasteiger partial charge in [0.1, 0.15) is 34.9 Å². The molecule has 0 atom stereocenters. The summed E-state index contributed by atoms with van der Waals surface area (Å²) < 4.78 is 84.7. The minimum absolute atomic E-state index is 0.0155. The average molecular weight is 1400 g/mol. The number of nitriles is 3. The zero-order chi connectivity index (χ0) is 70.8. The molecule has 96 heavy (non-hydrogen) atoms. The summed E-state index contributed by atoms with van der Waals surface area (Å²) in [4.78, 5) is 70.2. The molecule has 6 aromatic heterocycles. The minimum atomic E-state index is -4.19. The number of para-hydroxylation sites is 1. The van der Waals surface area contributed by atoms with Crippen LogP contribution in [0.1, 0.15) is 16.7 Å². The molecule has 0 aliphatic heterocycles. The topological polar surface area (TPSA) is 420 Å². The van der Waals surface area contributed by atoms with Crippen molar-refractivity contribution in [2.24, 2.45) is 21.1 Å². The van der Waals surface area contributed by atoms with Crippen LogP contribution in [0, 0.1) is 64.3 Å². The predicted octanol–water partition coefficient (Wildman–Crippen LogP) is 8.83. The van der Waals surface area contributed by atoms with Gasteiger partial charge in [0.2, 0.25) is 10.0 Å². The Bertz CT molecular complexity index is 5900. The summed E-state index contributed by atoms with van der Waals surface area (Å²) in [6, 6.07) is 43.0. The van der Waals surface area contributed by atoms with E-state index in [1.807, 2.05) is 68.2 Å². The van der Waals surface area contributed by atoms with Crippen molar-refractivity contribution in [1.82, 2.24) is 37.0 Å². The number of fused-ring (bicyclic) bond motifs is 9. The highest BCUT2D eigenvalue weighted by Gasteiger charge is 2.25. The van der Waals surface area contributed by atoms with Crippen LogP contribution < -0.4 is 22.0 Å². The van der Waals surface area contributed by atoms with Gasteiger partial charge in [0, 0.05) is 126 Å². The van der Waals surface area contributed by atoms with Crippen LogP contribution in [0.4, 0.5) is 17.1 Å². The molecule has 0 unspecified atom stereocenters. The molecular formula is C61H48Cl2N14O16S3. The van der Waals surface area contributed by atoms with E-state index >= 15 is 0 Å². The molecule has 12 rings (SSSR count). The smallest absolute Gasteiger partial charge is 0.342 e. The normalized spacial score (nSPS) is 11.3. The Hall–Kier alpha value is -11.5. The third-order valence-corrected chi connectivity index (χ3v) is 17.9. The number of benzene rings is 6. The molecule has 0 radical (unpaired) electrons. The van der Waals surface area contributed by atoms with E-state index in [1.54, 1.807) is 41.4 Å². The molecule has 30 nitrogen and oxygen atoms in total. The largest absolute Gasteiger partial charge is 0.353 e. The second kappa shape index (κ2) is 27.6. The molecule has 490 valence electrons. The zero-order valence-corrected chi connectivity index (χ0v) is 54.8. The highest BCUT2D eigenvalue weighted by atomic mass is 35.7. The molecule has 0 spiro atoms. The summed E-state index contributed by atoms with van der Waals surface area (Å²) in [5.41, 5.74) is 4.18. The number of non-ortho nitro benzene ring substituents is 3. The SMILES string of the molecule is CN(C)S(=O)(=O)c1ccc2c(c1)c1c(cc(C#N)c(=O)n1-c1ccc([N+](=O)[O-])cc1)n2C.CNC.Cn1c2ccc(S(=O)(=O)Cl)cc2c2c1cc(C#N)c(=O)n2-c1ccc([N+](=O)[O-])cc1.Cn1c2ccccc2c2c1cc(C#N)c(=O)n2-c1ccc([N+](=O)[O-])cc1.O=S(=O)(O)Cl. The molecule has 0 saturated carbocycles. The lowest BCUT2D eigenvalue weighted by molar-refractivity contribution is -0.385. The van der Waals surface area contributed by atoms with Crippen LogP contribution in [0.25, 0.3) is 82.9 Å². The van der Waals surface area contributed by atoms with E-state index < -0.39 is 59.9 Å². The fourth-order valence-electron chi connectivity index (χ4n) is 10.4. The lowest BCUT2D eigenvalue weighted by Gasteiger charge is -2.12. The van der Waals surface area contributed by atoms with Gasteiger partial charge in [-0.1, -0.05) is 18.2 Å². The van der Waals surface area contributed by atoms with Gasteiger partial charge in [0.15, 0.2) is 0 Å². The predicted molar refractivity (Wildman–Crippen MR) is 358 cm³/mol. The van der Waals surface area contributed by atoms with E-state index in [0.717, 1.165) is 20.7 Å². The van der Waals surface area contributed by atoms with E-state index in [9.17, 15) is 77.3 Å². The fourth-order valence-corrected chi connectivity index (χ4v) is 12.1. The first-order chi connectivity index (χ1) is 45.1. The molecule has 6 heterocycles. The number of nitrogens with zero attached hydrogens (tertiary/aromatic N) is 13. The van der Waals surface area contributed by atoms with Gasteiger partial charge in [-0.15, -0.1) is 0 Å². The van der Waals surface area contributed by atoms with Gasteiger partial charge in [-0.05, 0) is 111 Å². The average Bonchev–Trinajstić information content (AvgIpc) is 1.58. The number of rotatable bonds is 9. The maximum Gasteiger partial charge on any atom is 0.353 e. The Morgan fingerprint density at radius 2 is 0.740 bits per heavy atom. The Kier molecular flexibility index (Phi) is 20.3. The summed E-state index contributed by atoms with van der Waals surface area (Å²) in [6.45, 7) is 0. The Labute approximate surface area is 551 Å². The second-order valence-corrected chi connectivity index (χ2v) is 27.4. The van der Waals surface area contributed by atoms with Crippen LogP contribution in [-0.4, -0.2) is 104 Å². The van der Waals surface area contributed by atoms with Crippen LogP contribution in [0.5, 0.6) is 0 Å². The van der Waals surface area contributed by atoms with Crippen molar-refractivity contribution >= 4 is 133 Å². The third-order valence-electron chi connectivity index (χ3n) is 14.7. The number of halogens is 2. The number of aromatic nitrogens is 6. The van der Waals surface area contributed by atoms with E-state index in [2.05, 4.69) is 16.0 Å². The second-order valence-electron chi connectivity index (χ2n) is 20.6. The first kappa shape index (κ1) is 70.4. The number of hydrogen-bond donors (Lipinski definition) is 2. The molecular weight excluding hydrogens is 1350 g/mol. The summed E-state index contributed by atoms with van der Waals surface area (Å²) in [5, 5.41) is 65.7. The van der Waals surface area contributed by atoms with Crippen molar-refractivity contribution in [2.75, 3.05) is 28.2 Å². The Morgan fingerprint density at radius 3 is 1.03 bits per heavy atom. The minimum Gasteiger partial charge on any atom is -0.342 e. The summed E-state index contributed by atoms with van der Waals surface area (Å²) in [5.74, 6) is 0. The monoisotopic (exact) mass is 1400 g/mol. The van der Waals surface area contributed by atoms with Gasteiger partial charge >= 0.3 is 9.33 Å². The van der Waals surface area contributed by atoms with Crippen LogP contribution >= 0.6 is 21.4 Å². The Balaban J connectivity index is 0.000000175. The molecule has 0 saturated heterocycles. The molecule has 0 bridgehead atoms. The fraction of sp³-hybridized carbons (Fsp3) is 0.115. The Morgan fingerprint density at radius 1 is 0.458 bits per heavy atom. The number of sulfonamides is 1. The molecule has 0 fully saturated rings.